The van der Waals surface area contributed by atoms with Crippen molar-refractivity contribution in [1.29, 1.82) is 0 Å². The number of aromatic nitrogens is 1. The van der Waals surface area contributed by atoms with Gasteiger partial charge in [-0.2, -0.15) is 0 Å². The lowest BCUT2D eigenvalue weighted by molar-refractivity contribution is 0.0737. The molecule has 0 saturated carbocycles. The summed E-state index contributed by atoms with van der Waals surface area (Å²) in [6, 6.07) is 3.22. The third kappa shape index (κ3) is 3.48. The standard InChI is InChI=1S/C15H17F2N3OS/c1-9(10-3-4-11(16)12(17)7-10)20(2)15(21)13-8-22-14(19-13)5-6-18/h3-4,7-9H,5-6,18H2,1-2H3. The van der Waals surface area contributed by atoms with Gasteiger partial charge in [0.2, 0.25) is 0 Å². The number of halogens is 2. The van der Waals surface area contributed by atoms with E-state index >= 15 is 0 Å². The van der Waals surface area contributed by atoms with E-state index in [2.05, 4.69) is 4.98 Å². The number of nitrogens with zero attached hydrogens (tertiary/aromatic N) is 2. The highest BCUT2D eigenvalue weighted by molar-refractivity contribution is 7.09. The lowest BCUT2D eigenvalue weighted by Gasteiger charge is -2.24. The number of rotatable bonds is 5. The molecule has 0 saturated heterocycles. The first-order chi connectivity index (χ1) is 10.4. The van der Waals surface area contributed by atoms with E-state index in [0.717, 1.165) is 17.1 Å². The van der Waals surface area contributed by atoms with E-state index in [1.165, 1.54) is 22.3 Å². The van der Waals surface area contributed by atoms with Crippen LogP contribution in [0.2, 0.25) is 0 Å². The van der Waals surface area contributed by atoms with Crippen molar-refractivity contribution >= 4 is 17.2 Å². The van der Waals surface area contributed by atoms with Crippen LogP contribution in [-0.4, -0.2) is 29.4 Å². The maximum absolute atomic E-state index is 13.3. The number of carbonyl (C=O) groups is 1. The van der Waals surface area contributed by atoms with Crippen molar-refractivity contribution in [2.45, 2.75) is 19.4 Å². The Morgan fingerprint density at radius 1 is 1.41 bits per heavy atom. The van der Waals surface area contributed by atoms with E-state index < -0.39 is 17.7 Å². The largest absolute Gasteiger partial charge is 0.334 e. The van der Waals surface area contributed by atoms with E-state index in [1.54, 1.807) is 19.4 Å². The van der Waals surface area contributed by atoms with Crippen molar-refractivity contribution in [1.82, 2.24) is 9.88 Å². The lowest BCUT2D eigenvalue weighted by atomic mass is 10.1. The topological polar surface area (TPSA) is 59.2 Å². The van der Waals surface area contributed by atoms with Crippen molar-refractivity contribution in [2.75, 3.05) is 13.6 Å². The van der Waals surface area contributed by atoms with Crippen molar-refractivity contribution in [3.05, 3.63) is 51.5 Å². The highest BCUT2D eigenvalue weighted by Gasteiger charge is 2.22. The van der Waals surface area contributed by atoms with Crippen LogP contribution in [0, 0.1) is 11.6 Å². The van der Waals surface area contributed by atoms with E-state index in [9.17, 15) is 13.6 Å². The Balaban J connectivity index is 2.16. The van der Waals surface area contributed by atoms with Crippen molar-refractivity contribution in [2.24, 2.45) is 5.73 Å². The number of benzene rings is 1. The Morgan fingerprint density at radius 3 is 2.77 bits per heavy atom. The zero-order valence-corrected chi connectivity index (χ0v) is 13.2. The van der Waals surface area contributed by atoms with Gasteiger partial charge in [-0.3, -0.25) is 4.79 Å². The molecule has 1 aromatic heterocycles. The molecule has 1 amide bonds. The smallest absolute Gasteiger partial charge is 0.273 e. The maximum Gasteiger partial charge on any atom is 0.273 e. The second kappa shape index (κ2) is 6.93. The molecule has 1 unspecified atom stereocenters. The monoisotopic (exact) mass is 325 g/mol. The van der Waals surface area contributed by atoms with Crippen LogP contribution < -0.4 is 5.73 Å². The van der Waals surface area contributed by atoms with Gasteiger partial charge in [0, 0.05) is 18.8 Å². The average Bonchev–Trinajstić information content (AvgIpc) is 2.97. The summed E-state index contributed by atoms with van der Waals surface area (Å²) in [5, 5.41) is 2.49. The van der Waals surface area contributed by atoms with Gasteiger partial charge >= 0.3 is 0 Å². The minimum absolute atomic E-state index is 0.267. The van der Waals surface area contributed by atoms with Crippen molar-refractivity contribution in [3.8, 4) is 0 Å². The molecule has 0 aliphatic carbocycles. The fourth-order valence-electron chi connectivity index (χ4n) is 2.00. The van der Waals surface area contributed by atoms with Gasteiger partial charge in [0.1, 0.15) is 5.69 Å². The first kappa shape index (κ1) is 16.5. The third-order valence-electron chi connectivity index (χ3n) is 3.46. The molecule has 2 aromatic rings. The second-order valence-corrected chi connectivity index (χ2v) is 5.87. The van der Waals surface area contributed by atoms with Gasteiger partial charge in [-0.1, -0.05) is 6.07 Å². The van der Waals surface area contributed by atoms with Crippen LogP contribution in [0.5, 0.6) is 0 Å². The molecule has 0 spiro atoms. The third-order valence-corrected chi connectivity index (χ3v) is 4.37. The molecule has 1 heterocycles. The molecule has 2 N–H and O–H groups in total. The Bertz CT molecular complexity index is 675. The highest BCUT2D eigenvalue weighted by Crippen LogP contribution is 2.23. The van der Waals surface area contributed by atoms with Crippen LogP contribution in [0.25, 0.3) is 0 Å². The van der Waals surface area contributed by atoms with Gasteiger partial charge in [-0.15, -0.1) is 11.3 Å². The number of carbonyl (C=O) groups excluding carboxylic acids is 1. The van der Waals surface area contributed by atoms with Crippen molar-refractivity contribution < 1.29 is 13.6 Å². The van der Waals surface area contributed by atoms with Gasteiger partial charge in [-0.05, 0) is 31.2 Å². The molecule has 0 fully saturated rings. The molecule has 0 aliphatic rings. The normalized spacial score (nSPS) is 12.2. The van der Waals surface area contributed by atoms with Crippen LogP contribution >= 0.6 is 11.3 Å². The molecule has 0 radical (unpaired) electrons. The quantitative estimate of drug-likeness (QED) is 0.919. The molecule has 2 rings (SSSR count). The van der Waals surface area contributed by atoms with Gasteiger partial charge in [0.15, 0.2) is 11.6 Å². The molecule has 1 atom stereocenters. The zero-order chi connectivity index (χ0) is 16.3. The van der Waals surface area contributed by atoms with Gasteiger partial charge in [-0.25, -0.2) is 13.8 Å². The Labute approximate surface area is 131 Å². The summed E-state index contributed by atoms with van der Waals surface area (Å²) >= 11 is 1.38. The summed E-state index contributed by atoms with van der Waals surface area (Å²) in [4.78, 5) is 18.1. The predicted molar refractivity (Wildman–Crippen MR) is 81.7 cm³/mol. The molecule has 22 heavy (non-hydrogen) atoms. The first-order valence-corrected chi connectivity index (χ1v) is 7.68. The lowest BCUT2D eigenvalue weighted by Crippen LogP contribution is -2.30. The summed E-state index contributed by atoms with van der Waals surface area (Å²) < 4.78 is 26.3. The van der Waals surface area contributed by atoms with Crippen LogP contribution in [0.1, 0.15) is 34.0 Å². The minimum Gasteiger partial charge on any atom is -0.334 e. The maximum atomic E-state index is 13.3. The molecular formula is C15H17F2N3OS. The van der Waals surface area contributed by atoms with Crippen LogP contribution in [0.15, 0.2) is 23.6 Å². The Morgan fingerprint density at radius 2 is 2.14 bits per heavy atom. The fourth-order valence-corrected chi connectivity index (χ4v) is 2.79. The van der Waals surface area contributed by atoms with E-state index in [1.807, 2.05) is 0 Å². The summed E-state index contributed by atoms with van der Waals surface area (Å²) in [6.07, 6.45) is 0.625. The van der Waals surface area contributed by atoms with Crippen molar-refractivity contribution in [3.63, 3.8) is 0 Å². The summed E-state index contributed by atoms with van der Waals surface area (Å²) in [7, 11) is 1.61. The van der Waals surface area contributed by atoms with Gasteiger partial charge < -0.3 is 10.6 Å². The highest BCUT2D eigenvalue weighted by atomic mass is 32.1. The first-order valence-electron chi connectivity index (χ1n) is 6.80. The molecular weight excluding hydrogens is 308 g/mol. The van der Waals surface area contributed by atoms with E-state index in [-0.39, 0.29) is 5.91 Å². The molecule has 0 aliphatic heterocycles. The summed E-state index contributed by atoms with van der Waals surface area (Å²) in [5.41, 5.74) is 6.32. The molecule has 0 bridgehead atoms. The van der Waals surface area contributed by atoms with Gasteiger partial charge in [0.05, 0.1) is 11.0 Å². The number of amides is 1. The number of thiazole rings is 1. The molecule has 4 nitrogen and oxygen atoms in total. The average molecular weight is 325 g/mol. The zero-order valence-electron chi connectivity index (χ0n) is 12.3. The number of nitrogens with two attached hydrogens (primary N) is 1. The van der Waals surface area contributed by atoms with Crippen LogP contribution in [0.4, 0.5) is 8.78 Å². The Hall–Kier alpha value is -1.86. The molecule has 118 valence electrons. The minimum atomic E-state index is -0.927. The van der Waals surface area contributed by atoms with E-state index in [0.29, 0.717) is 24.2 Å². The summed E-state index contributed by atoms with van der Waals surface area (Å²) in [6.45, 7) is 2.22. The second-order valence-electron chi connectivity index (χ2n) is 4.93. The number of hydrogen-bond donors (Lipinski definition) is 1. The predicted octanol–water partition coefficient (Wildman–Crippen LogP) is 2.76. The molecule has 1 aromatic carbocycles. The summed E-state index contributed by atoms with van der Waals surface area (Å²) in [5.74, 6) is -2.10. The fraction of sp³-hybridized carbons (Fsp3) is 0.333. The van der Waals surface area contributed by atoms with Crippen LogP contribution in [-0.2, 0) is 6.42 Å². The van der Waals surface area contributed by atoms with Crippen LogP contribution in [0.3, 0.4) is 0 Å². The Kier molecular flexibility index (Phi) is 5.20. The number of hydrogen-bond acceptors (Lipinski definition) is 4. The molecule has 7 heteroatoms. The SMILES string of the molecule is CC(c1ccc(F)c(F)c1)N(C)C(=O)c1csc(CCN)n1. The van der Waals surface area contributed by atoms with E-state index in [4.69, 9.17) is 5.73 Å². The van der Waals surface area contributed by atoms with Gasteiger partial charge in [0.25, 0.3) is 5.91 Å².